The van der Waals surface area contributed by atoms with Gasteiger partial charge in [0.1, 0.15) is 0 Å². The van der Waals surface area contributed by atoms with Crippen LogP contribution in [0.5, 0.6) is 0 Å². The maximum absolute atomic E-state index is 5.97. The molecule has 0 radical (unpaired) electrons. The monoisotopic (exact) mass is 261 g/mol. The number of rotatable bonds is 7. The Morgan fingerprint density at radius 2 is 1.95 bits per heavy atom. The van der Waals surface area contributed by atoms with Gasteiger partial charge in [-0.3, -0.25) is 0 Å². The summed E-state index contributed by atoms with van der Waals surface area (Å²) in [5.74, 6) is 0.703. The van der Waals surface area contributed by atoms with E-state index in [-0.39, 0.29) is 0 Å². The maximum atomic E-state index is 5.97. The Labute approximate surface area is 117 Å². The fourth-order valence-corrected chi connectivity index (χ4v) is 2.60. The summed E-state index contributed by atoms with van der Waals surface area (Å²) in [6.07, 6.45) is 5.67. The molecule has 1 fully saturated rings. The highest BCUT2D eigenvalue weighted by Crippen LogP contribution is 2.22. The van der Waals surface area contributed by atoms with E-state index in [1.54, 1.807) is 0 Å². The third-order valence-corrected chi connectivity index (χ3v) is 3.66. The standard InChI is InChI=1S/C17H27NO/c1-14(2)11-18-12-15-6-5-7-16(10-15)13-19-17-8-3-4-9-17/h5-7,10,14,17-18H,3-4,8-9,11-13H2,1-2H3. The third kappa shape index (κ3) is 5.33. The van der Waals surface area contributed by atoms with Crippen molar-refractivity contribution in [1.82, 2.24) is 5.32 Å². The SMILES string of the molecule is CC(C)CNCc1cccc(COC2CCCC2)c1. The molecule has 1 saturated carbocycles. The van der Waals surface area contributed by atoms with Crippen LogP contribution in [-0.4, -0.2) is 12.6 Å². The lowest BCUT2D eigenvalue weighted by atomic mass is 10.1. The molecule has 0 spiro atoms. The summed E-state index contributed by atoms with van der Waals surface area (Å²) >= 11 is 0. The zero-order valence-electron chi connectivity index (χ0n) is 12.3. The van der Waals surface area contributed by atoms with E-state index >= 15 is 0 Å². The van der Waals surface area contributed by atoms with Crippen molar-refractivity contribution >= 4 is 0 Å². The molecule has 0 unspecified atom stereocenters. The van der Waals surface area contributed by atoms with Crippen molar-refractivity contribution in [3.8, 4) is 0 Å². The average molecular weight is 261 g/mol. The summed E-state index contributed by atoms with van der Waals surface area (Å²) in [4.78, 5) is 0. The Balaban J connectivity index is 1.77. The molecule has 1 aliphatic rings. The van der Waals surface area contributed by atoms with Crippen LogP contribution in [0.25, 0.3) is 0 Å². The van der Waals surface area contributed by atoms with Crippen LogP contribution in [0.15, 0.2) is 24.3 Å². The zero-order valence-corrected chi connectivity index (χ0v) is 12.3. The summed E-state index contributed by atoms with van der Waals surface area (Å²) in [6.45, 7) is 7.26. The van der Waals surface area contributed by atoms with Gasteiger partial charge in [0.05, 0.1) is 12.7 Å². The summed E-state index contributed by atoms with van der Waals surface area (Å²) in [6, 6.07) is 8.76. The number of hydrogen-bond acceptors (Lipinski definition) is 2. The molecular weight excluding hydrogens is 234 g/mol. The van der Waals surface area contributed by atoms with E-state index in [2.05, 4.69) is 43.4 Å². The summed E-state index contributed by atoms with van der Waals surface area (Å²) in [5.41, 5.74) is 2.66. The predicted octanol–water partition coefficient (Wildman–Crippen LogP) is 3.89. The van der Waals surface area contributed by atoms with Gasteiger partial charge in [-0.1, -0.05) is 51.0 Å². The van der Waals surface area contributed by atoms with Gasteiger partial charge in [0.15, 0.2) is 0 Å². The Morgan fingerprint density at radius 1 is 1.21 bits per heavy atom. The van der Waals surface area contributed by atoms with E-state index in [1.165, 1.54) is 36.8 Å². The second-order valence-corrected chi connectivity index (χ2v) is 6.06. The summed E-state index contributed by atoms with van der Waals surface area (Å²) in [7, 11) is 0. The first-order valence-electron chi connectivity index (χ1n) is 7.64. The maximum Gasteiger partial charge on any atom is 0.0720 e. The van der Waals surface area contributed by atoms with Gasteiger partial charge in [0.2, 0.25) is 0 Å². The van der Waals surface area contributed by atoms with Gasteiger partial charge in [0.25, 0.3) is 0 Å². The first kappa shape index (κ1) is 14.5. The predicted molar refractivity (Wildman–Crippen MR) is 80.0 cm³/mol. The van der Waals surface area contributed by atoms with E-state index in [9.17, 15) is 0 Å². The molecular formula is C17H27NO. The van der Waals surface area contributed by atoms with Gasteiger partial charge in [-0.15, -0.1) is 0 Å². The number of ether oxygens (including phenoxy) is 1. The minimum atomic E-state index is 0.503. The van der Waals surface area contributed by atoms with Crippen molar-refractivity contribution in [3.05, 3.63) is 35.4 Å². The molecule has 1 aromatic rings. The van der Waals surface area contributed by atoms with E-state index in [1.807, 2.05) is 0 Å². The minimum absolute atomic E-state index is 0.503. The molecule has 0 aliphatic heterocycles. The molecule has 106 valence electrons. The quantitative estimate of drug-likeness (QED) is 0.804. The number of benzene rings is 1. The Bertz CT molecular complexity index is 369. The van der Waals surface area contributed by atoms with Crippen LogP contribution in [0.2, 0.25) is 0 Å². The molecule has 1 N–H and O–H groups in total. The van der Waals surface area contributed by atoms with Gasteiger partial charge in [-0.2, -0.15) is 0 Å². The van der Waals surface area contributed by atoms with Crippen LogP contribution in [0.3, 0.4) is 0 Å². The van der Waals surface area contributed by atoms with Crippen molar-refractivity contribution in [2.24, 2.45) is 5.92 Å². The van der Waals surface area contributed by atoms with Crippen LogP contribution >= 0.6 is 0 Å². The van der Waals surface area contributed by atoms with Crippen LogP contribution in [-0.2, 0) is 17.9 Å². The zero-order chi connectivity index (χ0) is 13.5. The molecule has 0 saturated heterocycles. The van der Waals surface area contributed by atoms with Crippen molar-refractivity contribution in [1.29, 1.82) is 0 Å². The summed E-state index contributed by atoms with van der Waals surface area (Å²) in [5, 5.41) is 3.48. The molecule has 0 aromatic heterocycles. The smallest absolute Gasteiger partial charge is 0.0720 e. The van der Waals surface area contributed by atoms with Crippen molar-refractivity contribution in [2.45, 2.75) is 58.8 Å². The van der Waals surface area contributed by atoms with Gasteiger partial charge < -0.3 is 10.1 Å². The Kier molecular flexibility index (Phi) is 5.87. The Hall–Kier alpha value is -0.860. The molecule has 2 nitrogen and oxygen atoms in total. The summed E-state index contributed by atoms with van der Waals surface area (Å²) < 4.78 is 5.97. The normalized spacial score (nSPS) is 16.4. The van der Waals surface area contributed by atoms with E-state index in [4.69, 9.17) is 4.74 Å². The van der Waals surface area contributed by atoms with Gasteiger partial charge in [-0.05, 0) is 36.4 Å². The first-order valence-corrected chi connectivity index (χ1v) is 7.64. The number of hydrogen-bond donors (Lipinski definition) is 1. The molecule has 0 heterocycles. The van der Waals surface area contributed by atoms with Gasteiger partial charge in [0, 0.05) is 6.54 Å². The molecule has 19 heavy (non-hydrogen) atoms. The lowest BCUT2D eigenvalue weighted by Gasteiger charge is -2.12. The number of nitrogens with one attached hydrogen (secondary N) is 1. The van der Waals surface area contributed by atoms with Crippen LogP contribution in [0.4, 0.5) is 0 Å². The highest BCUT2D eigenvalue weighted by Gasteiger charge is 2.15. The van der Waals surface area contributed by atoms with Crippen LogP contribution in [0.1, 0.15) is 50.7 Å². The first-order chi connectivity index (χ1) is 9.24. The second-order valence-electron chi connectivity index (χ2n) is 6.06. The van der Waals surface area contributed by atoms with Gasteiger partial charge >= 0.3 is 0 Å². The molecule has 2 heteroatoms. The minimum Gasteiger partial charge on any atom is -0.374 e. The van der Waals surface area contributed by atoms with Crippen molar-refractivity contribution < 1.29 is 4.74 Å². The highest BCUT2D eigenvalue weighted by molar-refractivity contribution is 5.22. The molecule has 1 aromatic carbocycles. The fourth-order valence-electron chi connectivity index (χ4n) is 2.60. The molecule has 0 atom stereocenters. The average Bonchev–Trinajstić information content (AvgIpc) is 2.89. The van der Waals surface area contributed by atoms with Gasteiger partial charge in [-0.25, -0.2) is 0 Å². The van der Waals surface area contributed by atoms with Crippen LogP contribution < -0.4 is 5.32 Å². The molecule has 0 bridgehead atoms. The van der Waals surface area contributed by atoms with E-state index < -0.39 is 0 Å². The fraction of sp³-hybridized carbons (Fsp3) is 0.647. The molecule has 2 rings (SSSR count). The largest absolute Gasteiger partial charge is 0.374 e. The second kappa shape index (κ2) is 7.66. The van der Waals surface area contributed by atoms with Crippen molar-refractivity contribution in [2.75, 3.05) is 6.54 Å². The van der Waals surface area contributed by atoms with E-state index in [0.29, 0.717) is 12.0 Å². The Morgan fingerprint density at radius 3 is 2.68 bits per heavy atom. The van der Waals surface area contributed by atoms with Crippen LogP contribution in [0, 0.1) is 5.92 Å². The molecule has 1 aliphatic carbocycles. The van der Waals surface area contributed by atoms with E-state index in [0.717, 1.165) is 19.7 Å². The highest BCUT2D eigenvalue weighted by atomic mass is 16.5. The third-order valence-electron chi connectivity index (χ3n) is 3.66. The van der Waals surface area contributed by atoms with Crippen molar-refractivity contribution in [3.63, 3.8) is 0 Å². The molecule has 0 amide bonds. The lowest BCUT2D eigenvalue weighted by molar-refractivity contribution is 0.0456. The topological polar surface area (TPSA) is 21.3 Å². The lowest BCUT2D eigenvalue weighted by Crippen LogP contribution is -2.19.